The Hall–Kier alpha value is -2.34. The smallest absolute Gasteiger partial charge is 0.270 e. The van der Waals surface area contributed by atoms with Gasteiger partial charge in [-0.25, -0.2) is 9.97 Å². The van der Waals surface area contributed by atoms with Gasteiger partial charge >= 0.3 is 0 Å². The molecule has 0 bridgehead atoms. The number of hydrogen-bond donors (Lipinski definition) is 2. The molecule has 0 aliphatic heterocycles. The van der Waals surface area contributed by atoms with Crippen molar-refractivity contribution in [3.63, 3.8) is 0 Å². The lowest BCUT2D eigenvalue weighted by atomic mass is 10.3. The largest absolute Gasteiger partial charge is 0.390 e. The topological polar surface area (TPSA) is 88.0 Å². The van der Waals surface area contributed by atoms with Gasteiger partial charge < -0.3 is 10.4 Å². The number of hydrogen-bond acceptors (Lipinski definition) is 5. The highest BCUT2D eigenvalue weighted by Gasteiger charge is 2.09. The van der Waals surface area contributed by atoms with Crippen molar-refractivity contribution < 1.29 is 9.90 Å². The Bertz CT molecular complexity index is 608. The average Bonchev–Trinajstić information content (AvgIpc) is 2.44. The maximum atomic E-state index is 12.0. The number of aromatic nitrogens is 3. The molecule has 0 atom stereocenters. The van der Waals surface area contributed by atoms with Crippen LogP contribution in [0.1, 0.15) is 33.4 Å². The highest BCUT2D eigenvalue weighted by atomic mass is 16.3. The molecule has 0 aromatic carbocycles. The van der Waals surface area contributed by atoms with Gasteiger partial charge in [-0.15, -0.1) is 0 Å². The molecule has 20 heavy (non-hydrogen) atoms. The molecule has 2 rings (SSSR count). The number of nitrogens with zero attached hydrogens (tertiary/aromatic N) is 3. The standard InChI is InChI=1S/C14H16N4O2/c1-9-6-13(17-10(2)16-9)14(20)15-7-11-4-3-5-12(8-19)18-11/h3-6,19H,7-8H2,1-2H3,(H,15,20). The Labute approximate surface area is 116 Å². The van der Waals surface area contributed by atoms with E-state index in [-0.39, 0.29) is 19.1 Å². The molecular weight excluding hydrogens is 256 g/mol. The summed E-state index contributed by atoms with van der Waals surface area (Å²) in [6.45, 7) is 3.73. The van der Waals surface area contributed by atoms with Gasteiger partial charge in [0.05, 0.1) is 24.5 Å². The first-order valence-electron chi connectivity index (χ1n) is 6.24. The van der Waals surface area contributed by atoms with Gasteiger partial charge in [0.1, 0.15) is 11.5 Å². The van der Waals surface area contributed by atoms with E-state index in [0.717, 1.165) is 5.69 Å². The molecule has 0 fully saturated rings. The van der Waals surface area contributed by atoms with Gasteiger partial charge in [0.2, 0.25) is 0 Å². The zero-order valence-electron chi connectivity index (χ0n) is 11.4. The summed E-state index contributed by atoms with van der Waals surface area (Å²) in [6, 6.07) is 6.94. The highest BCUT2D eigenvalue weighted by Crippen LogP contribution is 2.02. The summed E-state index contributed by atoms with van der Waals surface area (Å²) in [7, 11) is 0. The van der Waals surface area contributed by atoms with Crippen LogP contribution in [0.3, 0.4) is 0 Å². The predicted molar refractivity (Wildman–Crippen MR) is 72.8 cm³/mol. The third-order valence-electron chi connectivity index (χ3n) is 2.66. The second-order valence-corrected chi connectivity index (χ2v) is 4.40. The van der Waals surface area contributed by atoms with Gasteiger partial charge in [0, 0.05) is 5.69 Å². The fraction of sp³-hybridized carbons (Fsp3) is 0.286. The van der Waals surface area contributed by atoms with E-state index in [1.165, 1.54) is 0 Å². The van der Waals surface area contributed by atoms with Gasteiger partial charge in [0.15, 0.2) is 0 Å². The molecule has 0 spiro atoms. The number of nitrogens with one attached hydrogen (secondary N) is 1. The Morgan fingerprint density at radius 2 is 1.95 bits per heavy atom. The van der Waals surface area contributed by atoms with Crippen LogP contribution in [0.2, 0.25) is 0 Å². The lowest BCUT2D eigenvalue weighted by Crippen LogP contribution is -2.25. The monoisotopic (exact) mass is 272 g/mol. The second kappa shape index (κ2) is 6.21. The zero-order chi connectivity index (χ0) is 14.5. The molecule has 6 heteroatoms. The molecular formula is C14H16N4O2. The van der Waals surface area contributed by atoms with Crippen LogP contribution >= 0.6 is 0 Å². The van der Waals surface area contributed by atoms with E-state index >= 15 is 0 Å². The van der Waals surface area contributed by atoms with Crippen molar-refractivity contribution in [3.8, 4) is 0 Å². The van der Waals surface area contributed by atoms with Gasteiger partial charge in [-0.05, 0) is 32.0 Å². The van der Waals surface area contributed by atoms with E-state index in [4.69, 9.17) is 5.11 Å². The number of aliphatic hydroxyl groups excluding tert-OH is 1. The van der Waals surface area contributed by atoms with Gasteiger partial charge in [-0.1, -0.05) is 6.07 Å². The molecule has 2 aromatic heterocycles. The summed E-state index contributed by atoms with van der Waals surface area (Å²) < 4.78 is 0. The molecule has 0 saturated carbocycles. The van der Waals surface area contributed by atoms with Crippen LogP contribution in [0, 0.1) is 13.8 Å². The minimum absolute atomic E-state index is 0.119. The molecule has 2 aromatic rings. The molecule has 0 aliphatic rings. The van der Waals surface area contributed by atoms with Crippen LogP contribution in [0.15, 0.2) is 24.3 Å². The molecule has 2 N–H and O–H groups in total. The number of carbonyl (C=O) groups excluding carboxylic acids is 1. The van der Waals surface area contributed by atoms with E-state index in [1.807, 2.05) is 6.92 Å². The van der Waals surface area contributed by atoms with Gasteiger partial charge in [-0.3, -0.25) is 9.78 Å². The van der Waals surface area contributed by atoms with E-state index in [9.17, 15) is 4.79 Å². The average molecular weight is 272 g/mol. The van der Waals surface area contributed by atoms with Gasteiger partial charge in [-0.2, -0.15) is 0 Å². The second-order valence-electron chi connectivity index (χ2n) is 4.40. The Balaban J connectivity index is 2.04. The maximum Gasteiger partial charge on any atom is 0.270 e. The van der Waals surface area contributed by atoms with Crippen molar-refractivity contribution >= 4 is 5.91 Å². The first kappa shape index (κ1) is 14.1. The molecule has 104 valence electrons. The number of amides is 1. The Kier molecular flexibility index (Phi) is 4.37. The van der Waals surface area contributed by atoms with Crippen molar-refractivity contribution in [3.05, 3.63) is 52.9 Å². The molecule has 1 amide bonds. The Morgan fingerprint density at radius 3 is 2.65 bits per heavy atom. The molecule has 6 nitrogen and oxygen atoms in total. The molecule has 0 saturated heterocycles. The van der Waals surface area contributed by atoms with Crippen LogP contribution in [0.25, 0.3) is 0 Å². The molecule has 0 radical (unpaired) electrons. The summed E-state index contributed by atoms with van der Waals surface area (Å²) in [5, 5.41) is 11.8. The fourth-order valence-electron chi connectivity index (χ4n) is 1.81. The summed E-state index contributed by atoms with van der Waals surface area (Å²) in [5.41, 5.74) is 2.36. The van der Waals surface area contributed by atoms with Crippen molar-refractivity contribution in [2.45, 2.75) is 27.0 Å². The minimum Gasteiger partial charge on any atom is -0.390 e. The number of carbonyl (C=O) groups is 1. The summed E-state index contributed by atoms with van der Waals surface area (Å²) in [4.78, 5) is 24.4. The van der Waals surface area contributed by atoms with Crippen molar-refractivity contribution in [1.29, 1.82) is 0 Å². The van der Waals surface area contributed by atoms with E-state index in [1.54, 1.807) is 31.2 Å². The number of aryl methyl sites for hydroxylation is 2. The molecule has 2 heterocycles. The fourth-order valence-corrected chi connectivity index (χ4v) is 1.81. The molecule has 0 unspecified atom stereocenters. The first-order chi connectivity index (χ1) is 9.58. The lowest BCUT2D eigenvalue weighted by molar-refractivity contribution is 0.0945. The van der Waals surface area contributed by atoms with E-state index in [0.29, 0.717) is 22.9 Å². The predicted octanol–water partition coefficient (Wildman–Crippen LogP) is 0.911. The Morgan fingerprint density at radius 1 is 1.20 bits per heavy atom. The molecule has 0 aliphatic carbocycles. The van der Waals surface area contributed by atoms with Gasteiger partial charge in [0.25, 0.3) is 5.91 Å². The van der Waals surface area contributed by atoms with Crippen molar-refractivity contribution in [1.82, 2.24) is 20.3 Å². The van der Waals surface area contributed by atoms with Crippen LogP contribution in [-0.2, 0) is 13.2 Å². The zero-order valence-corrected chi connectivity index (χ0v) is 11.4. The number of rotatable bonds is 4. The van der Waals surface area contributed by atoms with Crippen LogP contribution in [0.5, 0.6) is 0 Å². The summed E-state index contributed by atoms with van der Waals surface area (Å²) >= 11 is 0. The summed E-state index contributed by atoms with van der Waals surface area (Å²) in [5.74, 6) is 0.297. The minimum atomic E-state index is -0.269. The number of aliphatic hydroxyl groups is 1. The van der Waals surface area contributed by atoms with E-state index in [2.05, 4.69) is 20.3 Å². The quantitative estimate of drug-likeness (QED) is 0.863. The lowest BCUT2D eigenvalue weighted by Gasteiger charge is -2.06. The van der Waals surface area contributed by atoms with Crippen LogP contribution in [-0.4, -0.2) is 26.0 Å². The normalized spacial score (nSPS) is 10.3. The third-order valence-corrected chi connectivity index (χ3v) is 2.66. The van der Waals surface area contributed by atoms with E-state index < -0.39 is 0 Å². The van der Waals surface area contributed by atoms with Crippen molar-refractivity contribution in [2.24, 2.45) is 0 Å². The highest BCUT2D eigenvalue weighted by molar-refractivity contribution is 5.92. The summed E-state index contributed by atoms with van der Waals surface area (Å²) in [6.07, 6.45) is 0. The van der Waals surface area contributed by atoms with Crippen molar-refractivity contribution in [2.75, 3.05) is 0 Å². The van der Waals surface area contributed by atoms with Crippen LogP contribution in [0.4, 0.5) is 0 Å². The third kappa shape index (κ3) is 3.58. The number of pyridine rings is 1. The maximum absolute atomic E-state index is 12.0. The SMILES string of the molecule is Cc1cc(C(=O)NCc2cccc(CO)n2)nc(C)n1. The van der Waals surface area contributed by atoms with Crippen LogP contribution < -0.4 is 5.32 Å². The first-order valence-corrected chi connectivity index (χ1v) is 6.24.